The van der Waals surface area contributed by atoms with Crippen LogP contribution in [0.25, 0.3) is 21.8 Å². The number of aromatic nitrogens is 3. The van der Waals surface area contributed by atoms with Gasteiger partial charge in [0, 0.05) is 17.0 Å². The maximum atomic E-state index is 5.41. The minimum atomic E-state index is 0.705. The SMILES string of the molecule is COc1cc2c(cnc3c2cnn3Cc2ccccc2)cc1Br. The van der Waals surface area contributed by atoms with Crippen LogP contribution in [0.3, 0.4) is 0 Å². The summed E-state index contributed by atoms with van der Waals surface area (Å²) in [7, 11) is 1.67. The molecular formula is C18H14BrN3O. The molecule has 0 aliphatic heterocycles. The molecule has 0 radical (unpaired) electrons. The molecule has 114 valence electrons. The normalized spacial score (nSPS) is 11.2. The quantitative estimate of drug-likeness (QED) is 0.538. The van der Waals surface area contributed by atoms with E-state index in [4.69, 9.17) is 4.74 Å². The van der Waals surface area contributed by atoms with Gasteiger partial charge in [-0.2, -0.15) is 5.10 Å². The van der Waals surface area contributed by atoms with E-state index in [-0.39, 0.29) is 0 Å². The van der Waals surface area contributed by atoms with Gasteiger partial charge in [0.2, 0.25) is 0 Å². The Labute approximate surface area is 141 Å². The van der Waals surface area contributed by atoms with Crippen molar-refractivity contribution in [2.75, 3.05) is 7.11 Å². The summed E-state index contributed by atoms with van der Waals surface area (Å²) >= 11 is 3.52. The molecule has 4 nitrogen and oxygen atoms in total. The number of ether oxygens (including phenoxy) is 1. The van der Waals surface area contributed by atoms with Crippen LogP contribution in [0.5, 0.6) is 5.75 Å². The second-order valence-corrected chi connectivity index (χ2v) is 6.21. The van der Waals surface area contributed by atoms with Crippen molar-refractivity contribution in [2.24, 2.45) is 0 Å². The van der Waals surface area contributed by atoms with Gasteiger partial charge in [-0.15, -0.1) is 0 Å². The molecule has 0 atom stereocenters. The molecule has 0 spiro atoms. The Bertz CT molecular complexity index is 995. The Morgan fingerprint density at radius 1 is 1.09 bits per heavy atom. The topological polar surface area (TPSA) is 39.9 Å². The van der Waals surface area contributed by atoms with Crippen LogP contribution in [-0.2, 0) is 6.54 Å². The molecule has 0 fully saturated rings. The van der Waals surface area contributed by atoms with E-state index in [0.717, 1.165) is 32.0 Å². The molecule has 0 unspecified atom stereocenters. The maximum Gasteiger partial charge on any atom is 0.158 e. The summed E-state index contributed by atoms with van der Waals surface area (Å²) in [5.74, 6) is 0.806. The van der Waals surface area contributed by atoms with Crippen LogP contribution in [0.2, 0.25) is 0 Å². The summed E-state index contributed by atoms with van der Waals surface area (Å²) in [6, 6.07) is 14.3. The van der Waals surface area contributed by atoms with Crippen LogP contribution in [-0.4, -0.2) is 21.9 Å². The summed E-state index contributed by atoms with van der Waals surface area (Å²) in [5, 5.41) is 7.70. The van der Waals surface area contributed by atoms with Crippen LogP contribution in [0, 0.1) is 0 Å². The number of rotatable bonds is 3. The Morgan fingerprint density at radius 2 is 1.91 bits per heavy atom. The van der Waals surface area contributed by atoms with Gasteiger partial charge in [0.25, 0.3) is 0 Å². The molecule has 2 aromatic heterocycles. The molecule has 0 saturated heterocycles. The summed E-state index contributed by atoms with van der Waals surface area (Å²) in [4.78, 5) is 4.60. The molecule has 4 aromatic rings. The lowest BCUT2D eigenvalue weighted by Crippen LogP contribution is -2.02. The molecular weight excluding hydrogens is 354 g/mol. The van der Waals surface area contributed by atoms with Crippen molar-refractivity contribution >= 4 is 37.7 Å². The number of fused-ring (bicyclic) bond motifs is 3. The van der Waals surface area contributed by atoms with Gasteiger partial charge >= 0.3 is 0 Å². The minimum absolute atomic E-state index is 0.705. The van der Waals surface area contributed by atoms with E-state index in [1.807, 2.05) is 47.4 Å². The van der Waals surface area contributed by atoms with Gasteiger partial charge in [-0.25, -0.2) is 9.67 Å². The van der Waals surface area contributed by atoms with E-state index in [0.29, 0.717) is 6.54 Å². The molecule has 0 aliphatic rings. The zero-order valence-corrected chi connectivity index (χ0v) is 14.1. The van der Waals surface area contributed by atoms with Gasteiger partial charge < -0.3 is 4.74 Å². The molecule has 5 heteroatoms. The predicted molar refractivity (Wildman–Crippen MR) is 94.8 cm³/mol. The number of pyridine rings is 1. The van der Waals surface area contributed by atoms with E-state index < -0.39 is 0 Å². The molecule has 2 aromatic carbocycles. The van der Waals surface area contributed by atoms with E-state index in [1.54, 1.807) is 7.11 Å². The molecule has 23 heavy (non-hydrogen) atoms. The first-order valence-corrected chi connectivity index (χ1v) is 8.07. The highest BCUT2D eigenvalue weighted by atomic mass is 79.9. The molecule has 0 bridgehead atoms. The summed E-state index contributed by atoms with van der Waals surface area (Å²) < 4.78 is 8.26. The van der Waals surface area contributed by atoms with Crippen LogP contribution in [0.15, 0.2) is 59.3 Å². The number of halogens is 1. The highest BCUT2D eigenvalue weighted by molar-refractivity contribution is 9.10. The molecule has 0 N–H and O–H groups in total. The third-order valence-corrected chi connectivity index (χ3v) is 4.55. The Morgan fingerprint density at radius 3 is 2.70 bits per heavy atom. The number of nitrogens with zero attached hydrogens (tertiary/aromatic N) is 3. The average Bonchev–Trinajstić information content (AvgIpc) is 2.98. The molecule has 0 saturated carbocycles. The first-order chi connectivity index (χ1) is 11.3. The van der Waals surface area contributed by atoms with Crippen molar-refractivity contribution in [3.8, 4) is 5.75 Å². The number of methoxy groups -OCH3 is 1. The summed E-state index contributed by atoms with van der Waals surface area (Å²) in [5.41, 5.74) is 2.08. The van der Waals surface area contributed by atoms with Gasteiger partial charge in [-0.3, -0.25) is 0 Å². The Balaban J connectivity index is 1.88. The van der Waals surface area contributed by atoms with Crippen molar-refractivity contribution in [2.45, 2.75) is 6.54 Å². The zero-order valence-electron chi connectivity index (χ0n) is 12.5. The van der Waals surface area contributed by atoms with E-state index in [9.17, 15) is 0 Å². The number of benzene rings is 2. The lowest BCUT2D eigenvalue weighted by molar-refractivity contribution is 0.413. The molecule has 0 amide bonds. The number of hydrogen-bond donors (Lipinski definition) is 0. The van der Waals surface area contributed by atoms with Crippen molar-refractivity contribution in [3.05, 3.63) is 64.9 Å². The lowest BCUT2D eigenvalue weighted by Gasteiger charge is -2.07. The van der Waals surface area contributed by atoms with Gasteiger partial charge in [0.1, 0.15) is 5.75 Å². The van der Waals surface area contributed by atoms with Crippen LogP contribution in [0.4, 0.5) is 0 Å². The van der Waals surface area contributed by atoms with Crippen molar-refractivity contribution < 1.29 is 4.74 Å². The van der Waals surface area contributed by atoms with Crippen molar-refractivity contribution in [3.63, 3.8) is 0 Å². The van der Waals surface area contributed by atoms with E-state index in [1.165, 1.54) is 5.56 Å². The Hall–Kier alpha value is -2.40. The van der Waals surface area contributed by atoms with Crippen molar-refractivity contribution in [1.82, 2.24) is 14.8 Å². The highest BCUT2D eigenvalue weighted by Gasteiger charge is 2.11. The maximum absolute atomic E-state index is 5.41. The predicted octanol–water partition coefficient (Wildman–Crippen LogP) is 4.40. The molecule has 0 aliphatic carbocycles. The summed E-state index contributed by atoms with van der Waals surface area (Å²) in [6.07, 6.45) is 3.76. The van der Waals surface area contributed by atoms with Gasteiger partial charge in [0.05, 0.1) is 24.3 Å². The highest BCUT2D eigenvalue weighted by Crippen LogP contribution is 2.33. The number of hydrogen-bond acceptors (Lipinski definition) is 3. The fraction of sp³-hybridized carbons (Fsp3) is 0.111. The standard InChI is InChI=1S/C18H14BrN3O/c1-23-17-8-14-13(7-16(17)19)9-20-18-15(14)10-21-22(18)11-12-5-3-2-4-6-12/h2-10H,11H2,1H3. The van der Waals surface area contributed by atoms with Gasteiger partial charge in [-0.05, 0) is 39.0 Å². The fourth-order valence-corrected chi connectivity index (χ4v) is 3.30. The zero-order chi connectivity index (χ0) is 15.8. The van der Waals surface area contributed by atoms with Gasteiger partial charge in [0.15, 0.2) is 5.65 Å². The third kappa shape index (κ3) is 2.47. The lowest BCUT2D eigenvalue weighted by atomic mass is 10.1. The first kappa shape index (κ1) is 14.2. The fourth-order valence-electron chi connectivity index (χ4n) is 2.77. The smallest absolute Gasteiger partial charge is 0.158 e. The van der Waals surface area contributed by atoms with Crippen LogP contribution >= 0.6 is 15.9 Å². The minimum Gasteiger partial charge on any atom is -0.496 e. The van der Waals surface area contributed by atoms with Crippen molar-refractivity contribution in [1.29, 1.82) is 0 Å². The van der Waals surface area contributed by atoms with Crippen LogP contribution < -0.4 is 4.74 Å². The molecule has 2 heterocycles. The van der Waals surface area contributed by atoms with E-state index >= 15 is 0 Å². The molecule has 4 rings (SSSR count). The average molecular weight is 368 g/mol. The third-order valence-electron chi connectivity index (χ3n) is 3.93. The van der Waals surface area contributed by atoms with Crippen LogP contribution in [0.1, 0.15) is 5.56 Å². The first-order valence-electron chi connectivity index (χ1n) is 7.28. The Kier molecular flexibility index (Phi) is 3.50. The largest absolute Gasteiger partial charge is 0.496 e. The van der Waals surface area contributed by atoms with Gasteiger partial charge in [-0.1, -0.05) is 30.3 Å². The second-order valence-electron chi connectivity index (χ2n) is 5.36. The second kappa shape index (κ2) is 5.66. The monoisotopic (exact) mass is 367 g/mol. The van der Waals surface area contributed by atoms with E-state index in [2.05, 4.69) is 38.1 Å². The summed E-state index contributed by atoms with van der Waals surface area (Å²) in [6.45, 7) is 0.705.